The van der Waals surface area contributed by atoms with Crippen LogP contribution in [0.15, 0.2) is 30.3 Å². The van der Waals surface area contributed by atoms with E-state index in [0.717, 1.165) is 0 Å². The van der Waals surface area contributed by atoms with Crippen molar-refractivity contribution in [2.24, 2.45) is 0 Å². The molecule has 0 radical (unpaired) electrons. The van der Waals surface area contributed by atoms with Crippen LogP contribution in [0.2, 0.25) is 0 Å². The molecular formula is C9H10O. The van der Waals surface area contributed by atoms with Gasteiger partial charge in [0, 0.05) is 0 Å². The lowest BCUT2D eigenvalue weighted by molar-refractivity contribution is 0.383. The van der Waals surface area contributed by atoms with E-state index in [1.165, 1.54) is 5.56 Å². The van der Waals surface area contributed by atoms with Gasteiger partial charge in [-0.15, -0.1) is 0 Å². The Morgan fingerprint density at radius 1 is 1.20 bits per heavy atom. The molecule has 0 aliphatic carbocycles. The molecule has 0 amide bonds. The van der Waals surface area contributed by atoms with E-state index < -0.39 is 0 Å². The molecule has 1 heterocycles. The third-order valence-electron chi connectivity index (χ3n) is 1.84. The van der Waals surface area contributed by atoms with Gasteiger partial charge in [0.25, 0.3) is 0 Å². The average molecular weight is 134 g/mol. The van der Waals surface area contributed by atoms with Crippen molar-refractivity contribution in [1.82, 2.24) is 0 Å². The first-order chi connectivity index (χ1) is 4.88. The Hall–Kier alpha value is -0.820. The number of ether oxygens (including phenoxy) is 1. The molecule has 1 fully saturated rings. The molecule has 1 aromatic carbocycles. The van der Waals surface area contributed by atoms with Crippen LogP contribution in [0, 0.1) is 0 Å². The van der Waals surface area contributed by atoms with Crippen LogP contribution in [0.1, 0.15) is 18.6 Å². The van der Waals surface area contributed by atoms with Gasteiger partial charge in [-0.2, -0.15) is 0 Å². The fraction of sp³-hybridized carbons (Fsp3) is 0.333. The summed E-state index contributed by atoms with van der Waals surface area (Å²) < 4.78 is 5.30. The van der Waals surface area contributed by atoms with Gasteiger partial charge in [-0.1, -0.05) is 30.3 Å². The SMILES string of the molecule is C[C@@H]1O[C@H]1c1ccccc1. The molecular weight excluding hydrogens is 124 g/mol. The standard InChI is InChI=1S/C9H10O/c1-7-9(10-7)8-5-3-2-4-6-8/h2-7,9H,1H3/t7-,9+/m0/s1. The van der Waals surface area contributed by atoms with E-state index in [9.17, 15) is 0 Å². The van der Waals surface area contributed by atoms with Gasteiger partial charge in [0.1, 0.15) is 6.10 Å². The predicted octanol–water partition coefficient (Wildman–Crippen LogP) is 2.15. The molecule has 52 valence electrons. The molecule has 0 bridgehead atoms. The molecule has 0 N–H and O–H groups in total. The lowest BCUT2D eigenvalue weighted by Crippen LogP contribution is -1.80. The molecule has 0 saturated carbocycles. The van der Waals surface area contributed by atoms with Gasteiger partial charge in [-0.3, -0.25) is 0 Å². The van der Waals surface area contributed by atoms with Gasteiger partial charge in [0.15, 0.2) is 0 Å². The second-order valence-electron chi connectivity index (χ2n) is 2.67. The van der Waals surface area contributed by atoms with Crippen LogP contribution in [0.25, 0.3) is 0 Å². The highest BCUT2D eigenvalue weighted by atomic mass is 16.6. The van der Waals surface area contributed by atoms with E-state index in [4.69, 9.17) is 4.74 Å². The number of epoxide rings is 1. The number of benzene rings is 1. The summed E-state index contributed by atoms with van der Waals surface area (Å²) >= 11 is 0. The zero-order valence-electron chi connectivity index (χ0n) is 5.95. The minimum atomic E-state index is 0.376. The van der Waals surface area contributed by atoms with E-state index in [0.29, 0.717) is 12.2 Å². The summed E-state index contributed by atoms with van der Waals surface area (Å²) in [7, 11) is 0. The van der Waals surface area contributed by atoms with E-state index in [1.807, 2.05) is 18.2 Å². The van der Waals surface area contributed by atoms with Crippen LogP contribution >= 0.6 is 0 Å². The van der Waals surface area contributed by atoms with Crippen molar-refractivity contribution in [3.8, 4) is 0 Å². The van der Waals surface area contributed by atoms with Crippen LogP contribution in [0.4, 0.5) is 0 Å². The van der Waals surface area contributed by atoms with Crippen LogP contribution in [0.5, 0.6) is 0 Å². The highest BCUT2D eigenvalue weighted by molar-refractivity contribution is 5.21. The quantitative estimate of drug-likeness (QED) is 0.536. The van der Waals surface area contributed by atoms with Crippen LogP contribution in [0.3, 0.4) is 0 Å². The molecule has 1 aliphatic heterocycles. The van der Waals surface area contributed by atoms with Crippen molar-refractivity contribution >= 4 is 0 Å². The molecule has 1 nitrogen and oxygen atoms in total. The number of hydrogen-bond acceptors (Lipinski definition) is 1. The summed E-state index contributed by atoms with van der Waals surface area (Å²) in [5, 5.41) is 0. The van der Waals surface area contributed by atoms with E-state index in [2.05, 4.69) is 19.1 Å². The van der Waals surface area contributed by atoms with Crippen LogP contribution < -0.4 is 0 Å². The maximum atomic E-state index is 5.30. The van der Waals surface area contributed by atoms with Crippen molar-refractivity contribution in [3.63, 3.8) is 0 Å². The highest BCUT2D eigenvalue weighted by Crippen LogP contribution is 2.37. The fourth-order valence-corrected chi connectivity index (χ4v) is 1.18. The zero-order chi connectivity index (χ0) is 6.97. The summed E-state index contributed by atoms with van der Waals surface area (Å²) in [5.74, 6) is 0. The first-order valence-corrected chi connectivity index (χ1v) is 3.58. The number of hydrogen-bond donors (Lipinski definition) is 0. The fourth-order valence-electron chi connectivity index (χ4n) is 1.18. The Bertz CT molecular complexity index is 217. The summed E-state index contributed by atoms with van der Waals surface area (Å²) in [4.78, 5) is 0. The second-order valence-corrected chi connectivity index (χ2v) is 2.67. The van der Waals surface area contributed by atoms with Gasteiger partial charge >= 0.3 is 0 Å². The van der Waals surface area contributed by atoms with Crippen molar-refractivity contribution in [2.75, 3.05) is 0 Å². The first-order valence-electron chi connectivity index (χ1n) is 3.58. The Morgan fingerprint density at radius 3 is 2.30 bits per heavy atom. The smallest absolute Gasteiger partial charge is 0.109 e. The van der Waals surface area contributed by atoms with Crippen LogP contribution in [-0.4, -0.2) is 6.10 Å². The molecule has 1 heteroatoms. The summed E-state index contributed by atoms with van der Waals surface area (Å²) in [6, 6.07) is 10.3. The Balaban J connectivity index is 2.20. The monoisotopic (exact) mass is 134 g/mol. The summed E-state index contributed by atoms with van der Waals surface area (Å²) in [5.41, 5.74) is 1.30. The molecule has 0 aromatic heterocycles. The van der Waals surface area contributed by atoms with Crippen molar-refractivity contribution < 1.29 is 4.74 Å². The minimum Gasteiger partial charge on any atom is -0.365 e. The van der Waals surface area contributed by atoms with E-state index in [1.54, 1.807) is 0 Å². The highest BCUT2D eigenvalue weighted by Gasteiger charge is 2.35. The van der Waals surface area contributed by atoms with Gasteiger partial charge in [0.05, 0.1) is 6.10 Å². The molecule has 2 rings (SSSR count). The Labute approximate surface area is 60.6 Å². The second kappa shape index (κ2) is 2.10. The predicted molar refractivity (Wildman–Crippen MR) is 39.7 cm³/mol. The lowest BCUT2D eigenvalue weighted by atomic mass is 10.1. The topological polar surface area (TPSA) is 12.5 Å². The lowest BCUT2D eigenvalue weighted by Gasteiger charge is -1.90. The van der Waals surface area contributed by atoms with Crippen molar-refractivity contribution in [3.05, 3.63) is 35.9 Å². The zero-order valence-corrected chi connectivity index (χ0v) is 5.95. The molecule has 1 aliphatic rings. The van der Waals surface area contributed by atoms with Gasteiger partial charge in [-0.25, -0.2) is 0 Å². The van der Waals surface area contributed by atoms with Crippen LogP contribution in [-0.2, 0) is 4.74 Å². The summed E-state index contributed by atoms with van der Waals surface area (Å²) in [6.07, 6.45) is 0.809. The van der Waals surface area contributed by atoms with Gasteiger partial charge in [-0.05, 0) is 12.5 Å². The normalized spacial score (nSPS) is 30.1. The minimum absolute atomic E-state index is 0.376. The third-order valence-corrected chi connectivity index (χ3v) is 1.84. The molecule has 0 unspecified atom stereocenters. The van der Waals surface area contributed by atoms with E-state index in [-0.39, 0.29) is 0 Å². The molecule has 2 atom stereocenters. The Kier molecular flexibility index (Phi) is 1.24. The van der Waals surface area contributed by atoms with Gasteiger partial charge in [0.2, 0.25) is 0 Å². The van der Waals surface area contributed by atoms with Crippen molar-refractivity contribution in [1.29, 1.82) is 0 Å². The maximum absolute atomic E-state index is 5.30. The van der Waals surface area contributed by atoms with Gasteiger partial charge < -0.3 is 4.74 Å². The summed E-state index contributed by atoms with van der Waals surface area (Å²) in [6.45, 7) is 2.09. The Morgan fingerprint density at radius 2 is 1.80 bits per heavy atom. The van der Waals surface area contributed by atoms with Crippen molar-refractivity contribution in [2.45, 2.75) is 19.1 Å². The number of rotatable bonds is 1. The average Bonchev–Trinajstić information content (AvgIpc) is 2.69. The molecule has 0 spiro atoms. The molecule has 1 aromatic rings. The third kappa shape index (κ3) is 0.929. The first kappa shape index (κ1) is 5.93. The maximum Gasteiger partial charge on any atom is 0.109 e. The molecule has 10 heavy (non-hydrogen) atoms. The molecule has 1 saturated heterocycles. The largest absolute Gasteiger partial charge is 0.365 e. The van der Waals surface area contributed by atoms with E-state index >= 15 is 0 Å².